The molecular formula is C13H16N2S2. The fourth-order valence-electron chi connectivity index (χ4n) is 1.51. The predicted molar refractivity (Wildman–Crippen MR) is 76.5 cm³/mol. The lowest BCUT2D eigenvalue weighted by atomic mass is 10.3. The molecule has 17 heavy (non-hydrogen) atoms. The van der Waals surface area contributed by atoms with E-state index in [2.05, 4.69) is 23.4 Å². The summed E-state index contributed by atoms with van der Waals surface area (Å²) in [5.74, 6) is 0.897. The molecule has 2 N–H and O–H groups in total. The van der Waals surface area contributed by atoms with Gasteiger partial charge in [0, 0.05) is 21.7 Å². The number of benzene rings is 1. The molecule has 1 heterocycles. The van der Waals surface area contributed by atoms with Crippen molar-refractivity contribution in [2.75, 3.05) is 5.73 Å². The summed E-state index contributed by atoms with van der Waals surface area (Å²) in [6, 6.07) is 7.97. The molecular weight excluding hydrogens is 248 g/mol. The highest BCUT2D eigenvalue weighted by molar-refractivity contribution is 7.98. The molecule has 0 saturated carbocycles. The van der Waals surface area contributed by atoms with Crippen LogP contribution < -0.4 is 5.73 Å². The minimum Gasteiger partial charge on any atom is -0.398 e. The lowest BCUT2D eigenvalue weighted by Crippen LogP contribution is -1.89. The van der Waals surface area contributed by atoms with Gasteiger partial charge in [-0.2, -0.15) is 0 Å². The van der Waals surface area contributed by atoms with Crippen LogP contribution >= 0.6 is 23.1 Å². The molecule has 0 bridgehead atoms. The van der Waals surface area contributed by atoms with Crippen LogP contribution in [-0.4, -0.2) is 4.98 Å². The summed E-state index contributed by atoms with van der Waals surface area (Å²) in [4.78, 5) is 5.74. The lowest BCUT2D eigenvalue weighted by molar-refractivity contribution is 0.902. The van der Waals surface area contributed by atoms with Gasteiger partial charge in [0.15, 0.2) is 0 Å². The number of anilines is 1. The molecule has 0 aliphatic rings. The summed E-state index contributed by atoms with van der Waals surface area (Å²) in [6.45, 7) is 2.18. The number of aryl methyl sites for hydroxylation is 1. The number of aromatic nitrogens is 1. The average molecular weight is 264 g/mol. The second-order valence-corrected chi connectivity index (χ2v) is 5.77. The number of rotatable bonds is 5. The largest absolute Gasteiger partial charge is 0.398 e. The molecule has 1 aromatic heterocycles. The standard InChI is InChI=1S/C13H16N2S2/c1-2-5-13-15-10(9-17-13)8-16-12-7-4-3-6-11(12)14/h3-4,6-7,9H,2,5,8,14H2,1H3. The highest BCUT2D eigenvalue weighted by Crippen LogP contribution is 2.28. The fourth-order valence-corrected chi connectivity index (χ4v) is 3.37. The van der Waals surface area contributed by atoms with Crippen LogP contribution in [0.15, 0.2) is 34.5 Å². The summed E-state index contributed by atoms with van der Waals surface area (Å²) in [7, 11) is 0. The number of para-hydroxylation sites is 1. The van der Waals surface area contributed by atoms with Crippen molar-refractivity contribution in [3.8, 4) is 0 Å². The first-order valence-electron chi connectivity index (χ1n) is 5.70. The molecule has 0 aliphatic heterocycles. The maximum atomic E-state index is 5.90. The molecule has 90 valence electrons. The van der Waals surface area contributed by atoms with E-state index in [0.717, 1.165) is 34.9 Å². The molecule has 0 amide bonds. The van der Waals surface area contributed by atoms with Gasteiger partial charge in [-0.05, 0) is 25.0 Å². The van der Waals surface area contributed by atoms with Crippen LogP contribution in [-0.2, 0) is 12.2 Å². The third-order valence-corrected chi connectivity index (χ3v) is 4.44. The Hall–Kier alpha value is -1.00. The minimum absolute atomic E-state index is 0.849. The van der Waals surface area contributed by atoms with Gasteiger partial charge in [0.1, 0.15) is 0 Å². The second kappa shape index (κ2) is 6.07. The number of thiazole rings is 1. The van der Waals surface area contributed by atoms with Crippen molar-refractivity contribution >= 4 is 28.8 Å². The van der Waals surface area contributed by atoms with E-state index in [-0.39, 0.29) is 0 Å². The number of thioether (sulfide) groups is 1. The Bertz CT molecular complexity index is 480. The van der Waals surface area contributed by atoms with E-state index in [0.29, 0.717) is 0 Å². The first-order chi connectivity index (χ1) is 8.29. The Morgan fingerprint density at radius 1 is 1.35 bits per heavy atom. The van der Waals surface area contributed by atoms with Crippen molar-refractivity contribution in [1.82, 2.24) is 4.98 Å². The first kappa shape index (κ1) is 12.5. The molecule has 1 aromatic carbocycles. The molecule has 0 unspecified atom stereocenters. The highest BCUT2D eigenvalue weighted by atomic mass is 32.2. The van der Waals surface area contributed by atoms with Crippen LogP contribution in [0.5, 0.6) is 0 Å². The number of nitrogens with zero attached hydrogens (tertiary/aromatic N) is 1. The van der Waals surface area contributed by atoms with Crippen LogP contribution in [0.25, 0.3) is 0 Å². The summed E-state index contributed by atoms with van der Waals surface area (Å²) < 4.78 is 0. The Kier molecular flexibility index (Phi) is 4.45. The third kappa shape index (κ3) is 3.48. The Morgan fingerprint density at radius 3 is 2.94 bits per heavy atom. The fraction of sp³-hybridized carbons (Fsp3) is 0.308. The lowest BCUT2D eigenvalue weighted by Gasteiger charge is -2.02. The minimum atomic E-state index is 0.849. The molecule has 0 fully saturated rings. The Morgan fingerprint density at radius 2 is 2.18 bits per heavy atom. The number of hydrogen-bond acceptors (Lipinski definition) is 4. The summed E-state index contributed by atoms with van der Waals surface area (Å²) in [6.07, 6.45) is 2.24. The van der Waals surface area contributed by atoms with Crippen LogP contribution in [0.3, 0.4) is 0 Å². The molecule has 0 spiro atoms. The van der Waals surface area contributed by atoms with Crippen molar-refractivity contribution in [2.24, 2.45) is 0 Å². The van der Waals surface area contributed by atoms with E-state index in [9.17, 15) is 0 Å². The van der Waals surface area contributed by atoms with Crippen molar-refractivity contribution in [3.63, 3.8) is 0 Å². The van der Waals surface area contributed by atoms with Gasteiger partial charge in [0.2, 0.25) is 0 Å². The summed E-state index contributed by atoms with van der Waals surface area (Å²) in [5.41, 5.74) is 7.91. The monoisotopic (exact) mass is 264 g/mol. The Balaban J connectivity index is 1.95. The molecule has 0 atom stereocenters. The van der Waals surface area contributed by atoms with Crippen LogP contribution in [0.2, 0.25) is 0 Å². The van der Waals surface area contributed by atoms with E-state index in [1.807, 2.05) is 18.2 Å². The van der Waals surface area contributed by atoms with Crippen molar-refractivity contribution in [3.05, 3.63) is 40.3 Å². The maximum absolute atomic E-state index is 5.90. The van der Waals surface area contributed by atoms with Crippen molar-refractivity contribution < 1.29 is 0 Å². The van der Waals surface area contributed by atoms with Crippen LogP contribution in [0.4, 0.5) is 5.69 Å². The quantitative estimate of drug-likeness (QED) is 0.656. The van der Waals surface area contributed by atoms with E-state index >= 15 is 0 Å². The molecule has 2 rings (SSSR count). The topological polar surface area (TPSA) is 38.9 Å². The van der Waals surface area contributed by atoms with Crippen LogP contribution in [0, 0.1) is 0 Å². The van der Waals surface area contributed by atoms with Gasteiger partial charge < -0.3 is 5.73 Å². The van der Waals surface area contributed by atoms with Gasteiger partial charge >= 0.3 is 0 Å². The zero-order valence-corrected chi connectivity index (χ0v) is 11.5. The zero-order valence-electron chi connectivity index (χ0n) is 9.85. The third-order valence-electron chi connectivity index (χ3n) is 2.36. The highest BCUT2D eigenvalue weighted by Gasteiger charge is 2.03. The number of nitrogen functional groups attached to an aromatic ring is 1. The van der Waals surface area contributed by atoms with Gasteiger partial charge in [0.25, 0.3) is 0 Å². The van der Waals surface area contributed by atoms with E-state index in [4.69, 9.17) is 5.73 Å². The Labute approximate surface area is 110 Å². The van der Waals surface area contributed by atoms with Gasteiger partial charge in [-0.1, -0.05) is 19.1 Å². The SMILES string of the molecule is CCCc1nc(CSc2ccccc2N)cs1. The summed E-state index contributed by atoms with van der Waals surface area (Å²) in [5, 5.41) is 3.39. The molecule has 0 saturated heterocycles. The van der Waals surface area contributed by atoms with Crippen molar-refractivity contribution in [2.45, 2.75) is 30.4 Å². The normalized spacial score (nSPS) is 10.6. The van der Waals surface area contributed by atoms with E-state index < -0.39 is 0 Å². The van der Waals surface area contributed by atoms with Crippen molar-refractivity contribution in [1.29, 1.82) is 0 Å². The molecule has 0 aliphatic carbocycles. The van der Waals surface area contributed by atoms with E-state index in [1.165, 1.54) is 5.01 Å². The predicted octanol–water partition coefficient (Wildman–Crippen LogP) is 3.97. The smallest absolute Gasteiger partial charge is 0.0928 e. The molecule has 4 heteroatoms. The first-order valence-corrected chi connectivity index (χ1v) is 7.56. The van der Waals surface area contributed by atoms with Crippen LogP contribution in [0.1, 0.15) is 24.0 Å². The maximum Gasteiger partial charge on any atom is 0.0928 e. The van der Waals surface area contributed by atoms with E-state index in [1.54, 1.807) is 23.1 Å². The average Bonchev–Trinajstić information content (AvgIpc) is 2.76. The van der Waals surface area contributed by atoms with Gasteiger partial charge in [0.05, 0.1) is 10.7 Å². The summed E-state index contributed by atoms with van der Waals surface area (Å²) >= 11 is 3.51. The number of nitrogens with two attached hydrogens (primary N) is 1. The molecule has 0 radical (unpaired) electrons. The van der Waals surface area contributed by atoms with Gasteiger partial charge in [-0.15, -0.1) is 23.1 Å². The molecule has 2 aromatic rings. The van der Waals surface area contributed by atoms with Gasteiger partial charge in [-0.25, -0.2) is 4.98 Å². The molecule has 2 nitrogen and oxygen atoms in total. The number of hydrogen-bond donors (Lipinski definition) is 1. The zero-order chi connectivity index (χ0) is 12.1. The van der Waals surface area contributed by atoms with Gasteiger partial charge in [-0.3, -0.25) is 0 Å². The second-order valence-electron chi connectivity index (χ2n) is 3.81.